The van der Waals surface area contributed by atoms with Gasteiger partial charge < -0.3 is 10.2 Å². The van der Waals surface area contributed by atoms with Crippen LogP contribution in [0.2, 0.25) is 0 Å². The van der Waals surface area contributed by atoms with Gasteiger partial charge in [0, 0.05) is 6.42 Å². The summed E-state index contributed by atoms with van der Waals surface area (Å²) < 4.78 is 0. The summed E-state index contributed by atoms with van der Waals surface area (Å²) in [7, 11) is 0. The average Bonchev–Trinajstić information content (AvgIpc) is 2.28. The predicted octanol–water partition coefficient (Wildman–Crippen LogP) is 0.106. The van der Waals surface area contributed by atoms with Crippen LogP contribution < -0.4 is 0 Å². The Morgan fingerprint density at radius 3 is 2.12 bits per heavy atom. The number of hydrogen-bond donors (Lipinski definition) is 2. The third-order valence-electron chi connectivity index (χ3n) is 2.01. The van der Waals surface area contributed by atoms with Crippen molar-refractivity contribution in [3.8, 4) is 0 Å². The maximum atomic E-state index is 11.4. The third-order valence-corrected chi connectivity index (χ3v) is 2.01. The van der Waals surface area contributed by atoms with Gasteiger partial charge >= 0.3 is 11.9 Å². The van der Waals surface area contributed by atoms with E-state index in [0.717, 1.165) is 12.2 Å². The highest BCUT2D eigenvalue weighted by atomic mass is 16.4. The molecule has 17 heavy (non-hydrogen) atoms. The number of carbonyl (C=O) groups is 4. The van der Waals surface area contributed by atoms with Crippen molar-refractivity contribution in [3.05, 3.63) is 35.5 Å². The molecule has 0 heterocycles. The predicted molar refractivity (Wildman–Crippen MR) is 55.2 cm³/mol. The van der Waals surface area contributed by atoms with Gasteiger partial charge in [-0.15, -0.1) is 0 Å². The molecule has 1 aliphatic carbocycles. The zero-order chi connectivity index (χ0) is 13.0. The van der Waals surface area contributed by atoms with E-state index in [4.69, 9.17) is 10.2 Å². The Bertz CT molecular complexity index is 492. The van der Waals surface area contributed by atoms with E-state index >= 15 is 0 Å². The molecule has 0 radical (unpaired) electrons. The van der Waals surface area contributed by atoms with Crippen molar-refractivity contribution < 1.29 is 29.4 Å². The Morgan fingerprint density at radius 2 is 1.59 bits per heavy atom. The zero-order valence-electron chi connectivity index (χ0n) is 8.54. The minimum Gasteiger partial charge on any atom is -0.478 e. The van der Waals surface area contributed by atoms with Crippen LogP contribution in [0.15, 0.2) is 35.5 Å². The molecule has 0 unspecified atom stereocenters. The maximum Gasteiger partial charge on any atom is 0.340 e. The summed E-state index contributed by atoms with van der Waals surface area (Å²) in [6, 6.07) is 0. The number of carbonyl (C=O) groups excluding carboxylic acids is 2. The minimum atomic E-state index is -1.66. The minimum absolute atomic E-state index is 0.583. The second-order valence-electron chi connectivity index (χ2n) is 3.19. The Balaban J connectivity index is 3.43. The van der Waals surface area contributed by atoms with Crippen LogP contribution >= 0.6 is 0 Å². The quantitative estimate of drug-likeness (QED) is 0.658. The lowest BCUT2D eigenvalue weighted by Crippen LogP contribution is -2.19. The fraction of sp³-hybridized carbons (Fsp3) is 0.0909. The number of carboxylic acid groups (broad SMARTS) is 2. The van der Waals surface area contributed by atoms with Crippen LogP contribution in [0.5, 0.6) is 0 Å². The summed E-state index contributed by atoms with van der Waals surface area (Å²) in [6.07, 6.45) is 3.80. The maximum absolute atomic E-state index is 11.4. The molecule has 2 N–H and O–H groups in total. The third kappa shape index (κ3) is 2.97. The van der Waals surface area contributed by atoms with E-state index < -0.39 is 41.1 Å². The number of ketones is 2. The molecule has 0 fully saturated rings. The number of carboxylic acids is 2. The van der Waals surface area contributed by atoms with E-state index in [0.29, 0.717) is 0 Å². The first-order valence-electron chi connectivity index (χ1n) is 4.55. The molecule has 0 aromatic carbocycles. The molecule has 1 aliphatic rings. The Kier molecular flexibility index (Phi) is 3.71. The topological polar surface area (TPSA) is 109 Å². The number of hydrogen-bond acceptors (Lipinski definition) is 4. The Morgan fingerprint density at radius 1 is 1.00 bits per heavy atom. The summed E-state index contributed by atoms with van der Waals surface area (Å²) in [5, 5.41) is 17.6. The fourth-order valence-corrected chi connectivity index (χ4v) is 1.28. The molecule has 0 aromatic rings. The standard InChI is InChI=1S/C11H8O6/c12-6-3-1-2-4-8(13)9(11(16)17)7(5-6)10(14)15/h1-4H,5H2,(H,14,15)(H,16,17)/b3-1-,4-2-,9-7-. The van der Waals surface area contributed by atoms with Crippen molar-refractivity contribution in [3.63, 3.8) is 0 Å². The second kappa shape index (κ2) is 5.02. The number of allylic oxidation sites excluding steroid dienone is 4. The molecular weight excluding hydrogens is 228 g/mol. The van der Waals surface area contributed by atoms with Gasteiger partial charge in [-0.05, 0) is 12.2 Å². The first-order valence-corrected chi connectivity index (χ1v) is 4.55. The van der Waals surface area contributed by atoms with Crippen molar-refractivity contribution >= 4 is 23.5 Å². The van der Waals surface area contributed by atoms with Crippen LogP contribution in [-0.2, 0) is 19.2 Å². The Hall–Kier alpha value is -2.50. The fourth-order valence-electron chi connectivity index (χ4n) is 1.28. The molecule has 0 bridgehead atoms. The molecule has 0 amide bonds. The summed E-state index contributed by atoms with van der Waals surface area (Å²) in [5.74, 6) is -4.78. The van der Waals surface area contributed by atoms with Crippen molar-refractivity contribution in [2.24, 2.45) is 0 Å². The van der Waals surface area contributed by atoms with E-state index in [1.807, 2.05) is 0 Å². The van der Waals surface area contributed by atoms with Crippen LogP contribution in [0.4, 0.5) is 0 Å². The molecule has 1 rings (SSSR count). The molecule has 0 aliphatic heterocycles. The van der Waals surface area contributed by atoms with Crippen LogP contribution in [0.25, 0.3) is 0 Å². The van der Waals surface area contributed by atoms with Gasteiger partial charge in [0.05, 0.1) is 5.57 Å². The molecular formula is C11H8O6. The van der Waals surface area contributed by atoms with Crippen molar-refractivity contribution in [1.82, 2.24) is 0 Å². The molecule has 6 heteroatoms. The van der Waals surface area contributed by atoms with Crippen molar-refractivity contribution in [2.75, 3.05) is 0 Å². The molecule has 0 saturated carbocycles. The van der Waals surface area contributed by atoms with Crippen LogP contribution in [-0.4, -0.2) is 33.7 Å². The summed E-state index contributed by atoms with van der Waals surface area (Å²) in [6.45, 7) is 0. The lowest BCUT2D eigenvalue weighted by molar-refractivity contribution is -0.137. The van der Waals surface area contributed by atoms with Gasteiger partial charge in [-0.1, -0.05) is 12.2 Å². The molecule has 0 aromatic heterocycles. The molecule has 88 valence electrons. The zero-order valence-corrected chi connectivity index (χ0v) is 8.54. The van der Waals surface area contributed by atoms with E-state index in [2.05, 4.69) is 0 Å². The Labute approximate surface area is 95.5 Å². The summed E-state index contributed by atoms with van der Waals surface area (Å²) in [4.78, 5) is 44.4. The number of aliphatic carboxylic acids is 2. The van der Waals surface area contributed by atoms with Crippen molar-refractivity contribution in [1.29, 1.82) is 0 Å². The van der Waals surface area contributed by atoms with E-state index in [-0.39, 0.29) is 0 Å². The summed E-state index contributed by atoms with van der Waals surface area (Å²) >= 11 is 0. The summed E-state index contributed by atoms with van der Waals surface area (Å²) in [5.41, 5.74) is -1.59. The second-order valence-corrected chi connectivity index (χ2v) is 3.19. The van der Waals surface area contributed by atoms with Gasteiger partial charge in [0.15, 0.2) is 11.6 Å². The first kappa shape index (κ1) is 12.6. The van der Waals surface area contributed by atoms with E-state index in [9.17, 15) is 19.2 Å². The highest BCUT2D eigenvalue weighted by Gasteiger charge is 2.26. The molecule has 6 nitrogen and oxygen atoms in total. The van der Waals surface area contributed by atoms with Gasteiger partial charge in [-0.3, -0.25) is 9.59 Å². The lowest BCUT2D eigenvalue weighted by atomic mass is 9.99. The lowest BCUT2D eigenvalue weighted by Gasteiger charge is -2.03. The van der Waals surface area contributed by atoms with Gasteiger partial charge in [0.25, 0.3) is 0 Å². The van der Waals surface area contributed by atoms with Crippen LogP contribution in [0.1, 0.15) is 6.42 Å². The van der Waals surface area contributed by atoms with Crippen LogP contribution in [0.3, 0.4) is 0 Å². The normalized spacial score (nSPS) is 24.5. The molecule has 0 spiro atoms. The number of rotatable bonds is 2. The highest BCUT2D eigenvalue weighted by Crippen LogP contribution is 2.14. The van der Waals surface area contributed by atoms with Gasteiger partial charge in [-0.2, -0.15) is 0 Å². The average molecular weight is 236 g/mol. The van der Waals surface area contributed by atoms with Gasteiger partial charge in [0.1, 0.15) is 5.57 Å². The first-order chi connectivity index (χ1) is 7.93. The molecule has 0 atom stereocenters. The smallest absolute Gasteiger partial charge is 0.340 e. The molecule has 0 saturated heterocycles. The largest absolute Gasteiger partial charge is 0.478 e. The van der Waals surface area contributed by atoms with Gasteiger partial charge in [-0.25, -0.2) is 9.59 Å². The SMILES string of the molecule is O=C1/C=C\C=C/C(=O)/C(C(=O)O)=C(/C(=O)O)C1. The highest BCUT2D eigenvalue weighted by molar-refractivity contribution is 6.25. The van der Waals surface area contributed by atoms with Crippen LogP contribution in [0, 0.1) is 0 Å². The monoisotopic (exact) mass is 236 g/mol. The van der Waals surface area contributed by atoms with E-state index in [1.54, 1.807) is 0 Å². The van der Waals surface area contributed by atoms with Crippen molar-refractivity contribution in [2.45, 2.75) is 6.42 Å². The van der Waals surface area contributed by atoms with Gasteiger partial charge in [0.2, 0.25) is 0 Å². The van der Waals surface area contributed by atoms with E-state index in [1.165, 1.54) is 12.2 Å².